The van der Waals surface area contributed by atoms with Crippen molar-refractivity contribution in [2.75, 3.05) is 12.3 Å². The van der Waals surface area contributed by atoms with Crippen molar-refractivity contribution in [3.05, 3.63) is 5.01 Å². The maximum absolute atomic E-state index is 11.1. The van der Waals surface area contributed by atoms with E-state index in [1.165, 1.54) is 23.1 Å². The van der Waals surface area contributed by atoms with Gasteiger partial charge in [0.05, 0.1) is 12.3 Å². The number of nitrogens with one attached hydrogen (secondary N) is 1. The van der Waals surface area contributed by atoms with Crippen molar-refractivity contribution < 1.29 is 4.79 Å². The molecule has 0 aliphatic rings. The predicted molar refractivity (Wildman–Crippen MR) is 57.2 cm³/mol. The summed E-state index contributed by atoms with van der Waals surface area (Å²) in [7, 11) is 0. The number of carbonyl (C=O) groups is 1. The second-order valence-corrected chi connectivity index (χ2v) is 4.76. The van der Waals surface area contributed by atoms with E-state index in [0.717, 1.165) is 9.35 Å². The molecule has 1 amide bonds. The highest BCUT2D eigenvalue weighted by Gasteiger charge is 2.04. The number of carbonyl (C=O) groups excluding carboxylic acids is 1. The Bertz CT molecular complexity index is 356. The fourth-order valence-corrected chi connectivity index (χ4v) is 2.31. The first-order valence-corrected chi connectivity index (χ1v) is 5.65. The van der Waals surface area contributed by atoms with Crippen molar-refractivity contribution in [1.29, 1.82) is 0 Å². The van der Waals surface area contributed by atoms with Gasteiger partial charge < -0.3 is 5.32 Å². The summed E-state index contributed by atoms with van der Waals surface area (Å²) in [6.45, 7) is 2.15. The van der Waals surface area contributed by atoms with Crippen molar-refractivity contribution in [1.82, 2.24) is 15.5 Å². The van der Waals surface area contributed by atoms with Crippen LogP contribution in [-0.2, 0) is 4.79 Å². The average Bonchev–Trinajstić information content (AvgIpc) is 2.58. The molecule has 14 heavy (non-hydrogen) atoms. The van der Waals surface area contributed by atoms with Gasteiger partial charge in [0.1, 0.15) is 5.01 Å². The van der Waals surface area contributed by atoms with Gasteiger partial charge in [-0.2, -0.15) is 0 Å². The first kappa shape index (κ1) is 11.0. The summed E-state index contributed by atoms with van der Waals surface area (Å²) in [6.07, 6.45) is 5.00. The van der Waals surface area contributed by atoms with Crippen molar-refractivity contribution >= 4 is 29.0 Å². The van der Waals surface area contributed by atoms with Crippen molar-refractivity contribution in [2.45, 2.75) is 11.3 Å². The summed E-state index contributed by atoms with van der Waals surface area (Å²) in [4.78, 5) is 11.1. The van der Waals surface area contributed by atoms with Gasteiger partial charge in [0.15, 0.2) is 4.34 Å². The lowest BCUT2D eigenvalue weighted by Gasteiger charge is -1.97. The van der Waals surface area contributed by atoms with Crippen molar-refractivity contribution in [3.63, 3.8) is 0 Å². The molecule has 0 unspecified atom stereocenters. The number of aryl methyl sites for hydroxylation is 1. The topological polar surface area (TPSA) is 54.9 Å². The molecule has 0 atom stereocenters. The van der Waals surface area contributed by atoms with Crippen LogP contribution in [0.2, 0.25) is 0 Å². The summed E-state index contributed by atoms with van der Waals surface area (Å²) in [5.74, 6) is 2.58. The highest BCUT2D eigenvalue weighted by atomic mass is 32.2. The third kappa shape index (κ3) is 3.77. The Morgan fingerprint density at radius 3 is 3.07 bits per heavy atom. The summed E-state index contributed by atoms with van der Waals surface area (Å²) < 4.78 is 0.804. The van der Waals surface area contributed by atoms with E-state index in [1.807, 2.05) is 6.92 Å². The van der Waals surface area contributed by atoms with Gasteiger partial charge in [-0.25, -0.2) is 0 Å². The minimum Gasteiger partial charge on any atom is -0.344 e. The lowest BCUT2D eigenvalue weighted by atomic mass is 10.6. The molecule has 1 heterocycles. The van der Waals surface area contributed by atoms with Gasteiger partial charge in [-0.1, -0.05) is 29.0 Å². The van der Waals surface area contributed by atoms with E-state index in [0.29, 0.717) is 5.75 Å². The van der Waals surface area contributed by atoms with Crippen LogP contribution in [0.3, 0.4) is 0 Å². The van der Waals surface area contributed by atoms with E-state index in [9.17, 15) is 4.79 Å². The Hall–Kier alpha value is -1.06. The number of thioether (sulfide) groups is 1. The molecule has 0 bridgehead atoms. The second kappa shape index (κ2) is 5.62. The molecule has 0 saturated carbocycles. The van der Waals surface area contributed by atoms with E-state index in [-0.39, 0.29) is 12.5 Å². The molecule has 0 aliphatic heterocycles. The van der Waals surface area contributed by atoms with Gasteiger partial charge in [0.25, 0.3) is 0 Å². The van der Waals surface area contributed by atoms with Gasteiger partial charge in [-0.3, -0.25) is 4.79 Å². The SMILES string of the molecule is C#CCNC(=O)CSc1nnc(C)s1. The molecular weight excluding hydrogens is 218 g/mol. The van der Waals surface area contributed by atoms with E-state index < -0.39 is 0 Å². The Kier molecular flexibility index (Phi) is 4.43. The van der Waals surface area contributed by atoms with Crippen molar-refractivity contribution in [3.8, 4) is 12.3 Å². The van der Waals surface area contributed by atoms with Crippen LogP contribution in [0.15, 0.2) is 4.34 Å². The number of amides is 1. The van der Waals surface area contributed by atoms with Gasteiger partial charge in [0, 0.05) is 0 Å². The zero-order valence-electron chi connectivity index (χ0n) is 7.61. The number of aromatic nitrogens is 2. The normalized spacial score (nSPS) is 9.43. The molecule has 0 aliphatic carbocycles. The minimum absolute atomic E-state index is 0.0826. The van der Waals surface area contributed by atoms with Gasteiger partial charge in [-0.15, -0.1) is 16.6 Å². The molecule has 0 saturated heterocycles. The molecular formula is C8H9N3OS2. The van der Waals surface area contributed by atoms with E-state index in [1.54, 1.807) is 0 Å². The summed E-state index contributed by atoms with van der Waals surface area (Å²) in [5.41, 5.74) is 0. The molecule has 1 aromatic heterocycles. The Morgan fingerprint density at radius 1 is 1.71 bits per heavy atom. The molecule has 0 spiro atoms. The number of hydrogen-bond donors (Lipinski definition) is 1. The molecule has 1 aromatic rings. The third-order valence-electron chi connectivity index (χ3n) is 1.22. The molecule has 0 aromatic carbocycles. The van der Waals surface area contributed by atoms with Crippen LogP contribution in [-0.4, -0.2) is 28.4 Å². The van der Waals surface area contributed by atoms with Gasteiger partial charge in [-0.05, 0) is 6.92 Å². The molecule has 6 heteroatoms. The first-order valence-electron chi connectivity index (χ1n) is 3.85. The van der Waals surface area contributed by atoms with Crippen LogP contribution < -0.4 is 5.32 Å². The fraction of sp³-hybridized carbons (Fsp3) is 0.375. The monoisotopic (exact) mass is 227 g/mol. The van der Waals surface area contributed by atoms with Gasteiger partial charge >= 0.3 is 0 Å². The number of terminal acetylenes is 1. The quantitative estimate of drug-likeness (QED) is 0.607. The van der Waals surface area contributed by atoms with Crippen LogP contribution in [0.25, 0.3) is 0 Å². The maximum atomic E-state index is 11.1. The molecule has 74 valence electrons. The summed E-state index contributed by atoms with van der Waals surface area (Å²) in [5, 5.41) is 11.2. The Labute approximate surface area is 90.5 Å². The van der Waals surface area contributed by atoms with Crippen LogP contribution in [0.5, 0.6) is 0 Å². The lowest BCUT2D eigenvalue weighted by molar-refractivity contribution is -0.118. The zero-order chi connectivity index (χ0) is 10.4. The minimum atomic E-state index is -0.0826. The highest BCUT2D eigenvalue weighted by molar-refractivity contribution is 8.01. The van der Waals surface area contributed by atoms with Crippen LogP contribution >= 0.6 is 23.1 Å². The second-order valence-electron chi connectivity index (χ2n) is 2.36. The predicted octanol–water partition coefficient (Wildman–Crippen LogP) is 0.688. The average molecular weight is 227 g/mol. The van der Waals surface area contributed by atoms with Crippen molar-refractivity contribution in [2.24, 2.45) is 0 Å². The maximum Gasteiger partial charge on any atom is 0.231 e. The molecule has 4 nitrogen and oxygen atoms in total. The number of rotatable bonds is 4. The summed E-state index contributed by atoms with van der Waals surface area (Å²) >= 11 is 2.84. The highest BCUT2D eigenvalue weighted by Crippen LogP contribution is 2.21. The molecule has 0 radical (unpaired) electrons. The van der Waals surface area contributed by atoms with Crippen LogP contribution in [0, 0.1) is 19.3 Å². The number of hydrogen-bond acceptors (Lipinski definition) is 5. The molecule has 1 rings (SSSR count). The van der Waals surface area contributed by atoms with Crippen LogP contribution in [0.1, 0.15) is 5.01 Å². The number of nitrogens with zero attached hydrogens (tertiary/aromatic N) is 2. The van der Waals surface area contributed by atoms with Crippen LogP contribution in [0.4, 0.5) is 0 Å². The zero-order valence-corrected chi connectivity index (χ0v) is 9.24. The Morgan fingerprint density at radius 2 is 2.50 bits per heavy atom. The lowest BCUT2D eigenvalue weighted by Crippen LogP contribution is -2.25. The smallest absolute Gasteiger partial charge is 0.231 e. The third-order valence-corrected chi connectivity index (χ3v) is 3.19. The molecule has 1 N–H and O–H groups in total. The molecule has 0 fully saturated rings. The van der Waals surface area contributed by atoms with E-state index >= 15 is 0 Å². The standard InChI is InChI=1S/C8H9N3OS2/c1-3-4-9-7(12)5-13-8-11-10-6(2)14-8/h1H,4-5H2,2H3,(H,9,12). The fourth-order valence-electron chi connectivity index (χ4n) is 0.665. The van der Waals surface area contributed by atoms with E-state index in [2.05, 4.69) is 21.4 Å². The Balaban J connectivity index is 2.27. The van der Waals surface area contributed by atoms with Gasteiger partial charge in [0.2, 0.25) is 5.91 Å². The first-order chi connectivity index (χ1) is 6.72. The summed E-state index contributed by atoms with van der Waals surface area (Å²) in [6, 6.07) is 0. The van der Waals surface area contributed by atoms with E-state index in [4.69, 9.17) is 6.42 Å². The largest absolute Gasteiger partial charge is 0.344 e.